The fraction of sp³-hybridized carbons (Fsp3) is 0.0156. The minimum atomic E-state index is -0.349. The zero-order valence-electron chi connectivity index (χ0n) is 37.0. The van der Waals surface area contributed by atoms with Gasteiger partial charge in [0.05, 0.1) is 5.41 Å². The SMILES string of the molecule is c1ccc(-c2nc(-c3ccc4oc5ccccc5c4c3)nc(-c3cccc4oc5ccc(-c6ccc(-c7ccc8c(c7)-c7ccccc7C87c8ccccc8-c8ccccc87)cc6)cc5c34)n2)cc1. The molecule has 0 saturated carbocycles. The van der Waals surface area contributed by atoms with Crippen molar-refractivity contribution in [3.05, 3.63) is 247 Å². The highest BCUT2D eigenvalue weighted by atomic mass is 16.3. The van der Waals surface area contributed by atoms with Crippen molar-refractivity contribution in [2.75, 3.05) is 0 Å². The van der Waals surface area contributed by atoms with Crippen LogP contribution < -0.4 is 0 Å². The van der Waals surface area contributed by atoms with Gasteiger partial charge in [-0.15, -0.1) is 0 Å². The normalized spacial score (nSPS) is 13.0. The van der Waals surface area contributed by atoms with E-state index in [4.69, 9.17) is 23.8 Å². The summed E-state index contributed by atoms with van der Waals surface area (Å²) in [5, 5.41) is 4.03. The Kier molecular flexibility index (Phi) is 7.93. The zero-order chi connectivity index (χ0) is 45.2. The lowest BCUT2D eigenvalue weighted by molar-refractivity contribution is 0.668. The molecule has 0 unspecified atom stereocenters. The van der Waals surface area contributed by atoms with Crippen molar-refractivity contribution in [3.63, 3.8) is 0 Å². The topological polar surface area (TPSA) is 65.0 Å². The first-order valence-electron chi connectivity index (χ1n) is 23.4. The summed E-state index contributed by atoms with van der Waals surface area (Å²) in [6.07, 6.45) is 0. The number of hydrogen-bond donors (Lipinski definition) is 0. The number of para-hydroxylation sites is 1. The van der Waals surface area contributed by atoms with E-state index >= 15 is 0 Å². The highest BCUT2D eigenvalue weighted by Crippen LogP contribution is 2.63. The molecule has 320 valence electrons. The molecule has 5 heteroatoms. The molecule has 69 heavy (non-hydrogen) atoms. The molecule has 15 rings (SSSR count). The van der Waals surface area contributed by atoms with Gasteiger partial charge in [0, 0.05) is 38.2 Å². The largest absolute Gasteiger partial charge is 0.456 e. The van der Waals surface area contributed by atoms with Crippen molar-refractivity contribution >= 4 is 43.9 Å². The van der Waals surface area contributed by atoms with Crippen LogP contribution in [0.3, 0.4) is 0 Å². The highest BCUT2D eigenvalue weighted by molar-refractivity contribution is 6.13. The Hall–Kier alpha value is -9.19. The smallest absolute Gasteiger partial charge is 0.164 e. The minimum absolute atomic E-state index is 0.349. The Balaban J connectivity index is 0.822. The molecule has 2 aliphatic carbocycles. The van der Waals surface area contributed by atoms with Gasteiger partial charge in [-0.1, -0.05) is 176 Å². The molecule has 0 fully saturated rings. The monoisotopic (exact) mass is 879 g/mol. The molecular weight excluding hydrogens is 843 g/mol. The van der Waals surface area contributed by atoms with Crippen molar-refractivity contribution in [1.29, 1.82) is 0 Å². The van der Waals surface area contributed by atoms with E-state index in [1.54, 1.807) is 0 Å². The minimum Gasteiger partial charge on any atom is -0.456 e. The van der Waals surface area contributed by atoms with Gasteiger partial charge in [0.2, 0.25) is 0 Å². The van der Waals surface area contributed by atoms with Crippen LogP contribution in [0.4, 0.5) is 0 Å². The van der Waals surface area contributed by atoms with Gasteiger partial charge >= 0.3 is 0 Å². The molecule has 3 heterocycles. The molecule has 1 spiro atoms. The Morgan fingerprint density at radius 2 is 0.725 bits per heavy atom. The molecule has 2 aliphatic rings. The Morgan fingerprint density at radius 1 is 0.261 bits per heavy atom. The second-order valence-corrected chi connectivity index (χ2v) is 18.2. The maximum absolute atomic E-state index is 6.55. The molecule has 0 aliphatic heterocycles. The molecule has 10 aromatic carbocycles. The number of benzene rings is 10. The summed E-state index contributed by atoms with van der Waals surface area (Å²) >= 11 is 0. The Bertz CT molecular complexity index is 4210. The van der Waals surface area contributed by atoms with E-state index < -0.39 is 0 Å². The number of rotatable bonds is 5. The maximum atomic E-state index is 6.55. The van der Waals surface area contributed by atoms with Crippen molar-refractivity contribution in [2.24, 2.45) is 0 Å². The average molecular weight is 880 g/mol. The Morgan fingerprint density at radius 3 is 1.45 bits per heavy atom. The standard InChI is InChI=1S/C64H37N3O2/c1-2-13-40(14-3-1)61-65-62(43-31-34-57-50(37-43)47-18-7-11-23-56(47)68-57)67-63(66-61)48-19-12-24-59-60(48)51-36-42(30-33-58(51)69-59)39-27-25-38(26-28-39)41-29-32-55-49(35-41)46-17-6-10-22-54(46)64(55)52-20-8-4-15-44(52)45-16-5-9-21-53(45)64/h1-37H. The summed E-state index contributed by atoms with van der Waals surface area (Å²) in [5.41, 5.74) is 20.8. The zero-order valence-corrected chi connectivity index (χ0v) is 37.0. The number of furan rings is 2. The van der Waals surface area contributed by atoms with Gasteiger partial charge in [-0.2, -0.15) is 0 Å². The van der Waals surface area contributed by atoms with Crippen LogP contribution in [0.1, 0.15) is 22.3 Å². The number of fused-ring (bicyclic) bond motifs is 16. The van der Waals surface area contributed by atoms with Gasteiger partial charge in [-0.3, -0.25) is 0 Å². The van der Waals surface area contributed by atoms with Gasteiger partial charge in [-0.25, -0.2) is 15.0 Å². The first-order chi connectivity index (χ1) is 34.2. The third-order valence-corrected chi connectivity index (χ3v) is 14.6. The van der Waals surface area contributed by atoms with E-state index in [0.717, 1.165) is 71.7 Å². The van der Waals surface area contributed by atoms with E-state index in [1.165, 1.54) is 55.6 Å². The fourth-order valence-corrected chi connectivity index (χ4v) is 11.5. The molecule has 0 N–H and O–H groups in total. The van der Waals surface area contributed by atoms with E-state index in [2.05, 4.69) is 152 Å². The lowest BCUT2D eigenvalue weighted by Gasteiger charge is -2.30. The third kappa shape index (κ3) is 5.50. The van der Waals surface area contributed by atoms with E-state index in [1.807, 2.05) is 72.8 Å². The van der Waals surface area contributed by atoms with Crippen LogP contribution in [0.25, 0.3) is 123 Å². The van der Waals surface area contributed by atoms with Crippen molar-refractivity contribution in [2.45, 2.75) is 5.41 Å². The van der Waals surface area contributed by atoms with Crippen molar-refractivity contribution < 1.29 is 8.83 Å². The molecule has 0 amide bonds. The van der Waals surface area contributed by atoms with Gasteiger partial charge < -0.3 is 8.83 Å². The van der Waals surface area contributed by atoms with Crippen molar-refractivity contribution in [3.8, 4) is 78.7 Å². The summed E-state index contributed by atoms with van der Waals surface area (Å²) < 4.78 is 12.7. The lowest BCUT2D eigenvalue weighted by Crippen LogP contribution is -2.25. The molecule has 5 nitrogen and oxygen atoms in total. The average Bonchev–Trinajstić information content (AvgIpc) is 4.16. The number of hydrogen-bond acceptors (Lipinski definition) is 5. The lowest BCUT2D eigenvalue weighted by atomic mass is 9.70. The second kappa shape index (κ2) is 14.4. The molecule has 3 aromatic heterocycles. The van der Waals surface area contributed by atoms with Crippen LogP contribution in [-0.2, 0) is 5.41 Å². The van der Waals surface area contributed by atoms with Crippen LogP contribution in [-0.4, -0.2) is 15.0 Å². The summed E-state index contributed by atoms with van der Waals surface area (Å²) in [6, 6.07) is 79.9. The van der Waals surface area contributed by atoms with Gasteiger partial charge in [0.15, 0.2) is 17.5 Å². The first-order valence-corrected chi connectivity index (χ1v) is 23.4. The van der Waals surface area contributed by atoms with Crippen LogP contribution in [0.5, 0.6) is 0 Å². The molecule has 13 aromatic rings. The van der Waals surface area contributed by atoms with E-state index in [0.29, 0.717) is 17.5 Å². The van der Waals surface area contributed by atoms with Crippen LogP contribution in [0, 0.1) is 0 Å². The summed E-state index contributed by atoms with van der Waals surface area (Å²) in [6.45, 7) is 0. The molecule has 0 saturated heterocycles. The van der Waals surface area contributed by atoms with Crippen LogP contribution in [0.2, 0.25) is 0 Å². The highest BCUT2D eigenvalue weighted by Gasteiger charge is 2.51. The molecule has 0 bridgehead atoms. The van der Waals surface area contributed by atoms with E-state index in [9.17, 15) is 0 Å². The summed E-state index contributed by atoms with van der Waals surface area (Å²) in [7, 11) is 0. The van der Waals surface area contributed by atoms with Gasteiger partial charge in [0.1, 0.15) is 22.3 Å². The molecule has 0 atom stereocenters. The van der Waals surface area contributed by atoms with Gasteiger partial charge in [-0.05, 0) is 115 Å². The maximum Gasteiger partial charge on any atom is 0.164 e. The van der Waals surface area contributed by atoms with E-state index in [-0.39, 0.29) is 5.41 Å². The summed E-state index contributed by atoms with van der Waals surface area (Å²) in [5.74, 6) is 1.75. The quantitative estimate of drug-likeness (QED) is 0.172. The first kappa shape index (κ1) is 38.0. The third-order valence-electron chi connectivity index (χ3n) is 14.6. The predicted molar refractivity (Wildman–Crippen MR) is 278 cm³/mol. The molecular formula is C64H37N3O2. The molecule has 0 radical (unpaired) electrons. The number of nitrogens with zero attached hydrogens (tertiary/aromatic N) is 3. The summed E-state index contributed by atoms with van der Waals surface area (Å²) in [4.78, 5) is 15.4. The van der Waals surface area contributed by atoms with Crippen molar-refractivity contribution in [1.82, 2.24) is 15.0 Å². The Labute approximate surface area is 396 Å². The number of aromatic nitrogens is 3. The predicted octanol–water partition coefficient (Wildman–Crippen LogP) is 16.3. The van der Waals surface area contributed by atoms with Gasteiger partial charge in [0.25, 0.3) is 0 Å². The second-order valence-electron chi connectivity index (χ2n) is 18.2. The van der Waals surface area contributed by atoms with Crippen LogP contribution in [0.15, 0.2) is 233 Å². The fourth-order valence-electron chi connectivity index (χ4n) is 11.5. The van der Waals surface area contributed by atoms with Crippen LogP contribution >= 0.6 is 0 Å².